The van der Waals surface area contributed by atoms with Crippen LogP contribution in [-0.4, -0.2) is 49.1 Å². The van der Waals surface area contributed by atoms with Crippen LogP contribution in [0.3, 0.4) is 0 Å². The molecule has 0 radical (unpaired) electrons. The molecule has 1 heterocycles. The molecule has 0 fully saturated rings. The van der Waals surface area contributed by atoms with E-state index < -0.39 is 22.0 Å². The highest BCUT2D eigenvalue weighted by molar-refractivity contribution is 7.87. The van der Waals surface area contributed by atoms with E-state index in [4.69, 9.17) is 8.92 Å². The van der Waals surface area contributed by atoms with Gasteiger partial charge in [-0.1, -0.05) is 24.3 Å². The van der Waals surface area contributed by atoms with E-state index in [0.29, 0.717) is 55.2 Å². The fourth-order valence-corrected chi connectivity index (χ4v) is 6.78. The summed E-state index contributed by atoms with van der Waals surface area (Å²) in [5.74, 6) is -1.54. The number of carboxylic acids is 1. The number of benzene rings is 2. The Morgan fingerprint density at radius 3 is 2.12 bits per heavy atom. The van der Waals surface area contributed by atoms with Crippen molar-refractivity contribution in [3.05, 3.63) is 76.6 Å². The molecule has 40 heavy (non-hydrogen) atoms. The van der Waals surface area contributed by atoms with Gasteiger partial charge in [-0.3, -0.25) is 14.4 Å². The zero-order valence-electron chi connectivity index (χ0n) is 22.2. The molecule has 5 rings (SSSR count). The van der Waals surface area contributed by atoms with Gasteiger partial charge in [-0.05, 0) is 62.4 Å². The summed E-state index contributed by atoms with van der Waals surface area (Å²) in [6.07, 6.45) is 3.09. The minimum Gasteiger partial charge on any atom is -0.490 e. The lowest BCUT2D eigenvalue weighted by molar-refractivity contribution is -0.137. The van der Waals surface area contributed by atoms with Crippen molar-refractivity contribution in [3.8, 4) is 11.5 Å². The van der Waals surface area contributed by atoms with Gasteiger partial charge in [0.2, 0.25) is 0 Å². The van der Waals surface area contributed by atoms with Crippen molar-refractivity contribution in [2.45, 2.75) is 62.7 Å². The van der Waals surface area contributed by atoms with Crippen molar-refractivity contribution in [1.82, 2.24) is 4.90 Å². The Bertz CT molecular complexity index is 1480. The molecule has 0 aromatic heterocycles. The number of rotatable bonds is 9. The second-order valence-electron chi connectivity index (χ2n) is 9.99. The van der Waals surface area contributed by atoms with Gasteiger partial charge < -0.3 is 18.9 Å². The standard InChI is InChI=1S/C30H31NO8S/c1-2-38-26-18-19(14-15-25(26)39-40(36,37)20-8-4-3-5-9-20)28-29-21(10-6-12-23(29)32)31(17-16-27(34)35)22-11-7-13-24(33)30(22)28/h3-5,8-9,14-15,18,28H,2,6-7,10-13,16-17H2,1H3,(H,34,35). The Morgan fingerprint density at radius 2 is 1.55 bits per heavy atom. The van der Waals surface area contributed by atoms with Crippen LogP contribution in [0, 0.1) is 0 Å². The number of aliphatic carboxylic acids is 1. The highest BCUT2D eigenvalue weighted by Crippen LogP contribution is 2.50. The number of ketones is 2. The van der Waals surface area contributed by atoms with E-state index in [9.17, 15) is 27.9 Å². The SMILES string of the molecule is CCOc1cc(C2C3=C(CCCC3=O)N(CCC(=O)O)C3=C2C(=O)CCC3)ccc1OS(=O)(=O)c1ccccc1. The zero-order valence-corrected chi connectivity index (χ0v) is 23.0. The van der Waals surface area contributed by atoms with Crippen molar-refractivity contribution < 1.29 is 36.8 Å². The van der Waals surface area contributed by atoms with Crippen LogP contribution < -0.4 is 8.92 Å². The third-order valence-electron chi connectivity index (χ3n) is 7.47. The van der Waals surface area contributed by atoms with Crippen LogP contribution >= 0.6 is 0 Å². The average Bonchev–Trinajstić information content (AvgIpc) is 2.93. The number of nitrogens with zero attached hydrogens (tertiary/aromatic N) is 1. The summed E-state index contributed by atoms with van der Waals surface area (Å²) in [6, 6.07) is 12.6. The molecule has 0 atom stereocenters. The van der Waals surface area contributed by atoms with Crippen LogP contribution in [0.4, 0.5) is 0 Å². The summed E-state index contributed by atoms with van der Waals surface area (Å²) in [5.41, 5.74) is 3.20. The first kappa shape index (κ1) is 27.6. The molecule has 2 aromatic carbocycles. The van der Waals surface area contributed by atoms with E-state index in [0.717, 1.165) is 11.4 Å². The van der Waals surface area contributed by atoms with Gasteiger partial charge in [0.05, 0.1) is 13.0 Å². The number of Topliss-reactive ketones (excluding diaryl/α,β-unsaturated/α-hetero) is 2. The highest BCUT2D eigenvalue weighted by atomic mass is 32.2. The molecule has 3 aliphatic rings. The van der Waals surface area contributed by atoms with Crippen molar-refractivity contribution in [1.29, 1.82) is 0 Å². The third kappa shape index (κ3) is 5.28. The second-order valence-corrected chi connectivity index (χ2v) is 11.5. The number of carbonyl (C=O) groups excluding carboxylic acids is 2. The number of hydrogen-bond donors (Lipinski definition) is 1. The Kier molecular flexibility index (Phi) is 7.80. The van der Waals surface area contributed by atoms with Crippen molar-refractivity contribution >= 4 is 27.7 Å². The van der Waals surface area contributed by atoms with E-state index in [-0.39, 0.29) is 47.5 Å². The molecule has 10 heteroatoms. The first-order chi connectivity index (χ1) is 19.2. The Labute approximate surface area is 233 Å². The smallest absolute Gasteiger partial charge is 0.339 e. The van der Waals surface area contributed by atoms with Gasteiger partial charge in [0, 0.05) is 47.8 Å². The zero-order chi connectivity index (χ0) is 28.4. The molecule has 1 N–H and O–H groups in total. The fourth-order valence-electron chi connectivity index (χ4n) is 5.82. The molecule has 0 saturated carbocycles. The maximum Gasteiger partial charge on any atom is 0.339 e. The molecule has 9 nitrogen and oxygen atoms in total. The quantitative estimate of drug-likeness (QED) is 0.429. The molecule has 1 aliphatic heterocycles. The van der Waals surface area contributed by atoms with E-state index in [1.54, 1.807) is 37.3 Å². The monoisotopic (exact) mass is 565 g/mol. The minimum absolute atomic E-state index is 0.000423. The van der Waals surface area contributed by atoms with E-state index in [1.807, 2.05) is 4.90 Å². The van der Waals surface area contributed by atoms with Gasteiger partial charge in [0.25, 0.3) is 0 Å². The van der Waals surface area contributed by atoms with Gasteiger partial charge >= 0.3 is 16.1 Å². The highest BCUT2D eigenvalue weighted by Gasteiger charge is 2.43. The first-order valence-electron chi connectivity index (χ1n) is 13.5. The Morgan fingerprint density at radius 1 is 0.925 bits per heavy atom. The molecule has 0 amide bonds. The van der Waals surface area contributed by atoms with Crippen LogP contribution in [0.15, 0.2) is 76.0 Å². The van der Waals surface area contributed by atoms with Crippen LogP contribution in [0.25, 0.3) is 0 Å². The average molecular weight is 566 g/mol. The largest absolute Gasteiger partial charge is 0.490 e. The summed E-state index contributed by atoms with van der Waals surface area (Å²) in [7, 11) is -4.13. The number of carbonyl (C=O) groups is 3. The van der Waals surface area contributed by atoms with Crippen LogP contribution in [-0.2, 0) is 24.5 Å². The molecule has 2 aliphatic carbocycles. The molecule has 2 aromatic rings. The van der Waals surface area contributed by atoms with Gasteiger partial charge in [-0.15, -0.1) is 0 Å². The number of hydrogen-bond acceptors (Lipinski definition) is 8. The number of allylic oxidation sites excluding steroid dienone is 4. The van der Waals surface area contributed by atoms with Gasteiger partial charge in [-0.25, -0.2) is 0 Å². The predicted octanol–water partition coefficient (Wildman–Crippen LogP) is 4.74. The van der Waals surface area contributed by atoms with Crippen molar-refractivity contribution in [2.24, 2.45) is 0 Å². The van der Waals surface area contributed by atoms with E-state index in [1.165, 1.54) is 18.2 Å². The molecule has 0 saturated heterocycles. The van der Waals surface area contributed by atoms with Crippen LogP contribution in [0.2, 0.25) is 0 Å². The normalized spacial score (nSPS) is 18.0. The second kappa shape index (κ2) is 11.3. The summed E-state index contributed by atoms with van der Waals surface area (Å²) < 4.78 is 37.1. The summed E-state index contributed by atoms with van der Waals surface area (Å²) >= 11 is 0. The molecular weight excluding hydrogens is 534 g/mol. The van der Waals surface area contributed by atoms with Crippen LogP contribution in [0.1, 0.15) is 63.4 Å². The lowest BCUT2D eigenvalue weighted by Gasteiger charge is -2.44. The summed E-state index contributed by atoms with van der Waals surface area (Å²) in [4.78, 5) is 40.2. The molecule has 0 spiro atoms. The number of carboxylic acid groups (broad SMARTS) is 1. The topological polar surface area (TPSA) is 127 Å². The maximum absolute atomic E-state index is 13.4. The number of ether oxygens (including phenoxy) is 1. The van der Waals surface area contributed by atoms with E-state index in [2.05, 4.69) is 0 Å². The first-order valence-corrected chi connectivity index (χ1v) is 14.9. The van der Waals surface area contributed by atoms with Gasteiger partial charge in [-0.2, -0.15) is 8.42 Å². The lowest BCUT2D eigenvalue weighted by Crippen LogP contribution is -2.39. The van der Waals surface area contributed by atoms with E-state index >= 15 is 0 Å². The third-order valence-corrected chi connectivity index (χ3v) is 8.72. The molecular formula is C30H31NO8S. The van der Waals surface area contributed by atoms with Crippen molar-refractivity contribution in [2.75, 3.05) is 13.2 Å². The fraction of sp³-hybridized carbons (Fsp3) is 0.367. The molecule has 210 valence electrons. The summed E-state index contributed by atoms with van der Waals surface area (Å²) in [6.45, 7) is 2.19. The lowest BCUT2D eigenvalue weighted by atomic mass is 9.71. The molecule has 0 bridgehead atoms. The van der Waals surface area contributed by atoms with Crippen molar-refractivity contribution in [3.63, 3.8) is 0 Å². The van der Waals surface area contributed by atoms with Gasteiger partial charge in [0.1, 0.15) is 4.90 Å². The Hall–Kier alpha value is -3.92. The maximum atomic E-state index is 13.4. The van der Waals surface area contributed by atoms with Gasteiger partial charge in [0.15, 0.2) is 23.1 Å². The predicted molar refractivity (Wildman–Crippen MR) is 145 cm³/mol. The van der Waals surface area contributed by atoms with Crippen LogP contribution in [0.5, 0.6) is 11.5 Å². The summed E-state index contributed by atoms with van der Waals surface area (Å²) in [5, 5.41) is 9.37. The molecule has 0 unspecified atom stereocenters. The Balaban J connectivity index is 1.62. The minimum atomic E-state index is -4.13.